The highest BCUT2D eigenvalue weighted by Gasteiger charge is 2.29. The van der Waals surface area contributed by atoms with Crippen LogP contribution in [0.5, 0.6) is 0 Å². The lowest BCUT2D eigenvalue weighted by atomic mass is 10.1. The highest BCUT2D eigenvalue weighted by atomic mass is 32.2. The van der Waals surface area contributed by atoms with Gasteiger partial charge in [0.25, 0.3) is 0 Å². The molecule has 0 aliphatic carbocycles. The molecule has 0 radical (unpaired) electrons. The SMILES string of the molecule is C/C(N)=C(\N)SCc1ccc(C(F)(F)F)cc1. The molecule has 2 nitrogen and oxygen atoms in total. The monoisotopic (exact) mass is 262 g/mol. The van der Waals surface area contributed by atoms with Crippen molar-refractivity contribution in [1.82, 2.24) is 0 Å². The van der Waals surface area contributed by atoms with E-state index in [2.05, 4.69) is 0 Å². The van der Waals surface area contributed by atoms with Crippen molar-refractivity contribution in [2.45, 2.75) is 18.9 Å². The molecular formula is C11H13F3N2S. The van der Waals surface area contributed by atoms with Crippen molar-refractivity contribution >= 4 is 11.8 Å². The average Bonchev–Trinajstić information content (AvgIpc) is 2.25. The summed E-state index contributed by atoms with van der Waals surface area (Å²) in [5.74, 6) is 0.499. The van der Waals surface area contributed by atoms with Crippen molar-refractivity contribution in [2.24, 2.45) is 11.5 Å². The van der Waals surface area contributed by atoms with Gasteiger partial charge in [0.2, 0.25) is 0 Å². The fourth-order valence-electron chi connectivity index (χ4n) is 1.06. The lowest BCUT2D eigenvalue weighted by Crippen LogP contribution is -2.05. The molecule has 6 heteroatoms. The van der Waals surface area contributed by atoms with E-state index >= 15 is 0 Å². The van der Waals surface area contributed by atoms with Gasteiger partial charge in [0, 0.05) is 11.4 Å². The average molecular weight is 262 g/mol. The van der Waals surface area contributed by atoms with Gasteiger partial charge in [-0.15, -0.1) is 11.8 Å². The maximum absolute atomic E-state index is 12.3. The van der Waals surface area contributed by atoms with E-state index in [1.165, 1.54) is 23.9 Å². The van der Waals surface area contributed by atoms with Gasteiger partial charge in [0.15, 0.2) is 0 Å². The second kappa shape index (κ2) is 5.35. The topological polar surface area (TPSA) is 52.0 Å². The molecule has 0 heterocycles. The van der Waals surface area contributed by atoms with E-state index in [9.17, 15) is 13.2 Å². The van der Waals surface area contributed by atoms with Gasteiger partial charge in [-0.3, -0.25) is 0 Å². The van der Waals surface area contributed by atoms with E-state index in [0.29, 0.717) is 16.5 Å². The molecule has 0 unspecified atom stereocenters. The van der Waals surface area contributed by atoms with Gasteiger partial charge in [0.1, 0.15) is 0 Å². The summed E-state index contributed by atoms with van der Waals surface area (Å²) in [6, 6.07) is 5.00. The molecule has 0 fully saturated rings. The molecule has 0 spiro atoms. The Kier molecular flexibility index (Phi) is 4.34. The number of rotatable bonds is 3. The highest BCUT2D eigenvalue weighted by Crippen LogP contribution is 2.29. The molecule has 1 aromatic carbocycles. The van der Waals surface area contributed by atoms with E-state index in [1.807, 2.05) is 0 Å². The number of hydrogen-bond acceptors (Lipinski definition) is 3. The summed E-state index contributed by atoms with van der Waals surface area (Å²) in [6.45, 7) is 1.68. The predicted octanol–water partition coefficient (Wildman–Crippen LogP) is 3.05. The summed E-state index contributed by atoms with van der Waals surface area (Å²) in [6.07, 6.45) is -4.29. The predicted molar refractivity (Wildman–Crippen MR) is 63.8 cm³/mol. The van der Waals surface area contributed by atoms with Crippen LogP contribution in [-0.2, 0) is 11.9 Å². The Morgan fingerprint density at radius 3 is 2.12 bits per heavy atom. The Morgan fingerprint density at radius 2 is 1.71 bits per heavy atom. The molecular weight excluding hydrogens is 249 g/mol. The third-order valence-corrected chi connectivity index (χ3v) is 3.17. The molecule has 0 bridgehead atoms. The molecule has 0 aliphatic heterocycles. The van der Waals surface area contributed by atoms with Crippen LogP contribution >= 0.6 is 11.8 Å². The molecule has 1 aromatic rings. The smallest absolute Gasteiger partial charge is 0.400 e. The van der Waals surface area contributed by atoms with Crippen molar-refractivity contribution in [1.29, 1.82) is 0 Å². The molecule has 1 rings (SSSR count). The Labute approximate surface area is 102 Å². The van der Waals surface area contributed by atoms with Crippen LogP contribution in [0.15, 0.2) is 35.0 Å². The van der Waals surface area contributed by atoms with E-state index in [-0.39, 0.29) is 0 Å². The quantitative estimate of drug-likeness (QED) is 0.880. The van der Waals surface area contributed by atoms with Gasteiger partial charge < -0.3 is 11.5 Å². The first-order chi connectivity index (χ1) is 7.80. The first kappa shape index (κ1) is 13.8. The summed E-state index contributed by atoms with van der Waals surface area (Å²) in [5.41, 5.74) is 11.7. The summed E-state index contributed by atoms with van der Waals surface area (Å²) in [4.78, 5) is 0. The van der Waals surface area contributed by atoms with Gasteiger partial charge in [-0.05, 0) is 24.6 Å². The molecule has 0 saturated heterocycles. The Bertz CT molecular complexity index is 406. The molecule has 0 amide bonds. The number of alkyl halides is 3. The van der Waals surface area contributed by atoms with Gasteiger partial charge in [-0.1, -0.05) is 12.1 Å². The Balaban J connectivity index is 2.67. The van der Waals surface area contributed by atoms with E-state index in [0.717, 1.165) is 17.7 Å². The van der Waals surface area contributed by atoms with Gasteiger partial charge in [-0.25, -0.2) is 0 Å². The molecule has 0 saturated carbocycles. The third kappa shape index (κ3) is 4.22. The zero-order valence-corrected chi connectivity index (χ0v) is 10.0. The number of benzene rings is 1. The minimum atomic E-state index is -4.29. The number of hydrogen-bond donors (Lipinski definition) is 2. The van der Waals surface area contributed by atoms with Crippen molar-refractivity contribution in [3.63, 3.8) is 0 Å². The van der Waals surface area contributed by atoms with Crippen LogP contribution < -0.4 is 11.5 Å². The maximum Gasteiger partial charge on any atom is 0.416 e. The first-order valence-electron chi connectivity index (χ1n) is 4.81. The molecule has 0 atom stereocenters. The van der Waals surface area contributed by atoms with E-state index in [4.69, 9.17) is 11.5 Å². The third-order valence-electron chi connectivity index (χ3n) is 2.06. The summed E-state index contributed by atoms with van der Waals surface area (Å²) < 4.78 is 36.9. The molecule has 17 heavy (non-hydrogen) atoms. The molecule has 0 aliphatic rings. The minimum Gasteiger partial charge on any atom is -0.400 e. The minimum absolute atomic E-state index is 0.491. The molecule has 94 valence electrons. The summed E-state index contributed by atoms with van der Waals surface area (Å²) >= 11 is 1.30. The van der Waals surface area contributed by atoms with Crippen LogP contribution in [0.1, 0.15) is 18.1 Å². The van der Waals surface area contributed by atoms with Crippen LogP contribution in [0.3, 0.4) is 0 Å². The standard InChI is InChI=1S/C11H13F3N2S/c1-7(15)10(16)17-6-8-2-4-9(5-3-8)11(12,13)14/h2-5H,6,15-16H2,1H3/b10-7-. The second-order valence-electron chi connectivity index (χ2n) is 3.53. The number of nitrogens with two attached hydrogens (primary N) is 2. The van der Waals surface area contributed by atoms with Crippen LogP contribution in [0.25, 0.3) is 0 Å². The fraction of sp³-hybridized carbons (Fsp3) is 0.273. The van der Waals surface area contributed by atoms with Crippen molar-refractivity contribution in [2.75, 3.05) is 0 Å². The second-order valence-corrected chi connectivity index (χ2v) is 4.55. The lowest BCUT2D eigenvalue weighted by Gasteiger charge is -2.08. The van der Waals surface area contributed by atoms with Crippen molar-refractivity contribution < 1.29 is 13.2 Å². The van der Waals surface area contributed by atoms with Gasteiger partial charge >= 0.3 is 6.18 Å². The fourth-order valence-corrected chi connectivity index (χ4v) is 1.81. The number of halogens is 3. The van der Waals surface area contributed by atoms with Crippen LogP contribution in [0, 0.1) is 0 Å². The van der Waals surface area contributed by atoms with Crippen molar-refractivity contribution in [3.05, 3.63) is 46.1 Å². The van der Waals surface area contributed by atoms with Gasteiger partial charge in [0.05, 0.1) is 10.6 Å². The first-order valence-corrected chi connectivity index (χ1v) is 5.80. The summed E-state index contributed by atoms with van der Waals surface area (Å²) in [5, 5.41) is 0.491. The van der Waals surface area contributed by atoms with Gasteiger partial charge in [-0.2, -0.15) is 13.2 Å². The zero-order chi connectivity index (χ0) is 13.1. The van der Waals surface area contributed by atoms with Crippen LogP contribution in [-0.4, -0.2) is 0 Å². The Morgan fingerprint density at radius 1 is 1.18 bits per heavy atom. The Hall–Kier alpha value is -1.30. The summed E-state index contributed by atoms with van der Waals surface area (Å²) in [7, 11) is 0. The van der Waals surface area contributed by atoms with Crippen LogP contribution in [0.4, 0.5) is 13.2 Å². The molecule has 4 N–H and O–H groups in total. The zero-order valence-electron chi connectivity index (χ0n) is 9.21. The highest BCUT2D eigenvalue weighted by molar-refractivity contribution is 8.02. The lowest BCUT2D eigenvalue weighted by molar-refractivity contribution is -0.137. The maximum atomic E-state index is 12.3. The molecule has 0 aromatic heterocycles. The number of allylic oxidation sites excluding steroid dienone is 1. The largest absolute Gasteiger partial charge is 0.416 e. The van der Waals surface area contributed by atoms with Crippen LogP contribution in [0.2, 0.25) is 0 Å². The normalized spacial score (nSPS) is 13.4. The van der Waals surface area contributed by atoms with E-state index in [1.54, 1.807) is 6.92 Å². The van der Waals surface area contributed by atoms with E-state index < -0.39 is 11.7 Å². The van der Waals surface area contributed by atoms with Crippen molar-refractivity contribution in [3.8, 4) is 0 Å². The number of thioether (sulfide) groups is 1.